The number of carboxylic acid groups (broad SMARTS) is 1. The van der Waals surface area contributed by atoms with Crippen molar-refractivity contribution < 1.29 is 32.2 Å². The molecule has 1 spiro atoms. The normalized spacial score (nSPS) is 27.9. The van der Waals surface area contributed by atoms with Crippen molar-refractivity contribution in [3.8, 4) is 5.75 Å². The first-order valence-corrected chi connectivity index (χ1v) is 17.8. The van der Waals surface area contributed by atoms with Gasteiger partial charge in [0.15, 0.2) is 0 Å². The lowest BCUT2D eigenvalue weighted by Crippen LogP contribution is -2.50. The molecule has 0 amide bonds. The van der Waals surface area contributed by atoms with E-state index in [1.54, 1.807) is 38.3 Å². The van der Waals surface area contributed by atoms with Gasteiger partial charge >= 0.3 is 5.97 Å². The molecule has 0 radical (unpaired) electrons. The fourth-order valence-corrected chi connectivity index (χ4v) is 9.07. The van der Waals surface area contributed by atoms with E-state index in [0.717, 1.165) is 43.4 Å². The van der Waals surface area contributed by atoms with E-state index < -0.39 is 26.7 Å². The van der Waals surface area contributed by atoms with Gasteiger partial charge in [-0.25, -0.2) is 22.7 Å². The lowest BCUT2D eigenvalue weighted by atomic mass is 9.64. The summed E-state index contributed by atoms with van der Waals surface area (Å²) in [4.78, 5) is 14.2. The van der Waals surface area contributed by atoms with Gasteiger partial charge in [-0.15, -0.1) is 0 Å². The molecule has 3 unspecified atom stereocenters. The zero-order chi connectivity index (χ0) is 32.3. The number of anilines is 1. The average molecular weight is 661 g/mol. The zero-order valence-corrected chi connectivity index (χ0v) is 27.5. The third kappa shape index (κ3) is 5.88. The highest BCUT2D eigenvalue weighted by molar-refractivity contribution is 7.89. The van der Waals surface area contributed by atoms with Crippen LogP contribution in [0, 0.1) is 29.5 Å². The topological polar surface area (TPSA) is 119 Å². The molecule has 3 N–H and O–H groups in total. The number of carboxylic acids is 1. The third-order valence-electron chi connectivity index (χ3n) is 11.2. The number of ether oxygens (including phenoxy) is 2. The van der Waals surface area contributed by atoms with Gasteiger partial charge in [-0.05, 0) is 110 Å². The van der Waals surface area contributed by atoms with Gasteiger partial charge in [-0.3, -0.25) is 0 Å². The smallest absolute Gasteiger partial charge is 0.335 e. The number of aromatic carboxylic acids is 1. The number of carbonyl (C=O) groups is 1. The Labute approximate surface area is 269 Å². The molecule has 244 valence electrons. The minimum absolute atomic E-state index is 0.0781. The number of fused-ring (bicyclic) bond motifs is 3. The standard InChI is InChI=1S/C34H42ClFN2O6S/c1-19(20(2)45(37,41)42)23-13-24(14-23)32(43-3)25-8-6-22(25)16-38-17-34(12-4-5-26-27(34)9-10-28(35)31(26)36)18-44-30-11-7-21(33(39)40)15-29(30)38/h7,9-11,13,15,19-20,22-23,25,32H,4-6,8,12,14,16-18H2,1-3H3,(H,39,40)(H2,37,41,42)/t19?,20?,22-,23+,25+,32?,34-/m0/s1. The van der Waals surface area contributed by atoms with Gasteiger partial charge < -0.3 is 19.5 Å². The maximum atomic E-state index is 15.3. The first-order chi connectivity index (χ1) is 21.3. The Morgan fingerprint density at radius 2 is 2.02 bits per heavy atom. The minimum atomic E-state index is -3.61. The molecule has 6 rings (SSSR count). The second kappa shape index (κ2) is 12.2. The number of benzene rings is 2. The summed E-state index contributed by atoms with van der Waals surface area (Å²) in [7, 11) is -1.88. The average Bonchev–Trinajstić information content (AvgIpc) is 3.11. The molecule has 7 atom stereocenters. The van der Waals surface area contributed by atoms with Crippen molar-refractivity contribution in [1.29, 1.82) is 0 Å². The summed E-state index contributed by atoms with van der Waals surface area (Å²) in [5, 5.41) is 14.7. The summed E-state index contributed by atoms with van der Waals surface area (Å²) in [5.41, 5.74) is 3.20. The van der Waals surface area contributed by atoms with Crippen molar-refractivity contribution in [1.82, 2.24) is 0 Å². The fraction of sp³-hybridized carbons (Fsp3) is 0.559. The highest BCUT2D eigenvalue weighted by atomic mass is 35.5. The van der Waals surface area contributed by atoms with Gasteiger partial charge in [-0.1, -0.05) is 30.7 Å². The van der Waals surface area contributed by atoms with E-state index in [1.807, 2.05) is 13.0 Å². The van der Waals surface area contributed by atoms with Crippen molar-refractivity contribution in [3.05, 3.63) is 69.5 Å². The summed E-state index contributed by atoms with van der Waals surface area (Å²) in [6, 6.07) is 8.55. The number of halogens is 2. The summed E-state index contributed by atoms with van der Waals surface area (Å²) >= 11 is 6.19. The Kier molecular flexibility index (Phi) is 8.73. The summed E-state index contributed by atoms with van der Waals surface area (Å²) in [6.07, 6.45) is 7.09. The highest BCUT2D eigenvalue weighted by Gasteiger charge is 2.47. The predicted octanol–water partition coefficient (Wildman–Crippen LogP) is 5.95. The highest BCUT2D eigenvalue weighted by Crippen LogP contribution is 2.49. The molecular formula is C34H42ClFN2O6S. The molecular weight excluding hydrogens is 619 g/mol. The monoisotopic (exact) mass is 660 g/mol. The Morgan fingerprint density at radius 1 is 1.27 bits per heavy atom. The van der Waals surface area contributed by atoms with Gasteiger partial charge in [-0.2, -0.15) is 0 Å². The quantitative estimate of drug-likeness (QED) is 0.319. The molecule has 1 heterocycles. The van der Waals surface area contributed by atoms with Crippen molar-refractivity contribution in [2.75, 3.05) is 31.7 Å². The van der Waals surface area contributed by atoms with Crippen LogP contribution in [0.3, 0.4) is 0 Å². The minimum Gasteiger partial charge on any atom is -0.490 e. The Bertz CT molecular complexity index is 1630. The van der Waals surface area contributed by atoms with Crippen molar-refractivity contribution in [2.45, 2.75) is 69.1 Å². The van der Waals surface area contributed by atoms with E-state index >= 15 is 4.39 Å². The number of hydrogen-bond acceptors (Lipinski definition) is 6. The van der Waals surface area contributed by atoms with Crippen LogP contribution < -0.4 is 14.8 Å². The molecule has 0 aromatic heterocycles. The van der Waals surface area contributed by atoms with Crippen LogP contribution in [0.1, 0.15) is 67.4 Å². The molecule has 1 fully saturated rings. The lowest BCUT2D eigenvalue weighted by Gasteiger charge is -2.48. The van der Waals surface area contributed by atoms with Gasteiger partial charge in [0.25, 0.3) is 0 Å². The maximum absolute atomic E-state index is 15.3. The van der Waals surface area contributed by atoms with E-state index in [4.69, 9.17) is 26.2 Å². The number of sulfonamides is 1. The number of hydrogen-bond donors (Lipinski definition) is 2. The van der Waals surface area contributed by atoms with Crippen LogP contribution in [-0.2, 0) is 26.6 Å². The molecule has 2 aromatic carbocycles. The molecule has 4 aliphatic rings. The fourth-order valence-electron chi connectivity index (χ4n) is 8.09. The van der Waals surface area contributed by atoms with Gasteiger partial charge in [0, 0.05) is 25.6 Å². The number of methoxy groups -OCH3 is 1. The van der Waals surface area contributed by atoms with Crippen LogP contribution in [0.15, 0.2) is 42.0 Å². The number of allylic oxidation sites excluding steroid dienone is 1. The molecule has 2 aromatic rings. The first kappa shape index (κ1) is 32.3. The van der Waals surface area contributed by atoms with E-state index in [9.17, 15) is 18.3 Å². The van der Waals surface area contributed by atoms with E-state index in [1.165, 1.54) is 5.57 Å². The molecule has 3 aliphatic carbocycles. The van der Waals surface area contributed by atoms with Crippen molar-refractivity contribution >= 4 is 33.3 Å². The number of primary sulfonamides is 1. The van der Waals surface area contributed by atoms with Gasteiger partial charge in [0.05, 0.1) is 34.2 Å². The molecule has 11 heteroatoms. The maximum Gasteiger partial charge on any atom is 0.335 e. The predicted molar refractivity (Wildman–Crippen MR) is 172 cm³/mol. The second-order valence-electron chi connectivity index (χ2n) is 13.6. The second-order valence-corrected chi connectivity index (χ2v) is 15.9. The van der Waals surface area contributed by atoms with Crippen LogP contribution in [0.5, 0.6) is 5.75 Å². The molecule has 45 heavy (non-hydrogen) atoms. The molecule has 0 saturated heterocycles. The van der Waals surface area contributed by atoms with Crippen molar-refractivity contribution in [3.63, 3.8) is 0 Å². The van der Waals surface area contributed by atoms with E-state index in [2.05, 4.69) is 11.0 Å². The number of nitrogens with zero attached hydrogens (tertiary/aromatic N) is 1. The molecule has 1 aliphatic heterocycles. The largest absolute Gasteiger partial charge is 0.490 e. The van der Waals surface area contributed by atoms with Gasteiger partial charge in [0.2, 0.25) is 10.0 Å². The van der Waals surface area contributed by atoms with E-state index in [-0.39, 0.29) is 46.2 Å². The van der Waals surface area contributed by atoms with E-state index in [0.29, 0.717) is 37.4 Å². The number of nitrogens with two attached hydrogens (primary N) is 1. The lowest BCUT2D eigenvalue weighted by molar-refractivity contribution is -0.000489. The summed E-state index contributed by atoms with van der Waals surface area (Å²) in [5.74, 6) is -0.170. The third-order valence-corrected chi connectivity index (χ3v) is 12.9. The van der Waals surface area contributed by atoms with Crippen molar-refractivity contribution in [2.24, 2.45) is 28.8 Å². The molecule has 1 saturated carbocycles. The van der Waals surface area contributed by atoms with Crippen LogP contribution >= 0.6 is 11.6 Å². The molecule has 0 bridgehead atoms. The Hall–Kier alpha value is -2.66. The molecule has 8 nitrogen and oxygen atoms in total. The summed E-state index contributed by atoms with van der Waals surface area (Å²) < 4.78 is 51.6. The zero-order valence-electron chi connectivity index (χ0n) is 26.0. The first-order valence-electron chi connectivity index (χ1n) is 15.8. The van der Waals surface area contributed by atoms with Crippen LogP contribution in [0.25, 0.3) is 0 Å². The van der Waals surface area contributed by atoms with Crippen LogP contribution in [0.2, 0.25) is 5.02 Å². The summed E-state index contributed by atoms with van der Waals surface area (Å²) in [6.45, 7) is 5.19. The SMILES string of the molecule is COC(C1=C[C@@H](C(C)C(C)S(N)(=O)=O)C1)[C@@H]1CC[C@H]1CN1C[C@@]2(CCCc3c2ccc(Cl)c3F)COc2ccc(C(=O)O)cc21. The Balaban J connectivity index is 1.28. The van der Waals surface area contributed by atoms with Crippen LogP contribution in [-0.4, -0.2) is 57.7 Å². The Morgan fingerprint density at radius 3 is 2.67 bits per heavy atom. The van der Waals surface area contributed by atoms with Crippen LogP contribution in [0.4, 0.5) is 10.1 Å². The number of rotatable bonds is 9. The van der Waals surface area contributed by atoms with Gasteiger partial charge in [0.1, 0.15) is 11.6 Å².